The van der Waals surface area contributed by atoms with E-state index in [-0.39, 0.29) is 0 Å². The van der Waals surface area contributed by atoms with Crippen molar-refractivity contribution in [2.24, 2.45) is 47.3 Å². The number of fused-ring (bicyclic) bond motifs is 2. The van der Waals surface area contributed by atoms with Crippen molar-refractivity contribution in [3.8, 4) is 0 Å². The molecule has 0 heteroatoms. The van der Waals surface area contributed by atoms with Crippen LogP contribution in [0.1, 0.15) is 104 Å². The average molecular weight is 725 g/mol. The first-order valence-electron chi connectivity index (χ1n) is 22.0. The average Bonchev–Trinajstić information content (AvgIpc) is 3.23. The molecule has 0 nitrogen and oxygen atoms in total. The standard InChI is InChI=1S/C55H64/c1-6-19-37(4)54-38(5)32-46(36-53(54)50-31-18-25-42-23-13-15-29-48(42)50)52-35-45(40-20-10-9-11-21-40)34-51(55(52)39(7-2)8-3)44-27-16-26-43(33-44)49-30-17-24-41-22-12-14-28-47(41)49/h6-7,9-10,12-14,16,18-20,22-23,25-26,28,30-31,33-34,36-38,44,48,50,52-54H,8,11,15,17,21,24,27,29,32,35H2,1-5H3. The van der Waals surface area contributed by atoms with E-state index in [2.05, 4.69) is 162 Å². The molecule has 0 aliphatic heterocycles. The van der Waals surface area contributed by atoms with Crippen molar-refractivity contribution in [1.29, 1.82) is 0 Å². The molecule has 8 rings (SSSR count). The fourth-order valence-corrected chi connectivity index (χ4v) is 11.8. The maximum atomic E-state index is 2.88. The number of hydrogen-bond donors (Lipinski definition) is 0. The zero-order chi connectivity index (χ0) is 37.9. The lowest BCUT2D eigenvalue weighted by Crippen LogP contribution is -2.39. The molecule has 7 aliphatic rings. The van der Waals surface area contributed by atoms with Crippen LogP contribution >= 0.6 is 0 Å². The summed E-state index contributed by atoms with van der Waals surface area (Å²) in [5.41, 5.74) is 17.0. The third-order valence-electron chi connectivity index (χ3n) is 14.3. The highest BCUT2D eigenvalue weighted by Gasteiger charge is 2.43. The van der Waals surface area contributed by atoms with Gasteiger partial charge in [-0.2, -0.15) is 0 Å². The zero-order valence-corrected chi connectivity index (χ0v) is 34.3. The third kappa shape index (κ3) is 7.56. The van der Waals surface area contributed by atoms with E-state index in [1.54, 1.807) is 39.0 Å². The maximum absolute atomic E-state index is 2.88. The molecule has 0 saturated heterocycles. The molecule has 1 aromatic rings. The fraction of sp³-hybridized carbons (Fsp3) is 0.418. The van der Waals surface area contributed by atoms with E-state index in [9.17, 15) is 0 Å². The van der Waals surface area contributed by atoms with Gasteiger partial charge in [-0.3, -0.25) is 0 Å². The van der Waals surface area contributed by atoms with Crippen LogP contribution in [-0.2, 0) is 6.42 Å². The van der Waals surface area contributed by atoms with Crippen molar-refractivity contribution in [1.82, 2.24) is 0 Å². The molecule has 0 spiro atoms. The molecule has 284 valence electrons. The molecule has 0 saturated carbocycles. The molecule has 0 radical (unpaired) electrons. The molecule has 0 fully saturated rings. The van der Waals surface area contributed by atoms with Crippen LogP contribution in [-0.4, -0.2) is 0 Å². The van der Waals surface area contributed by atoms with Crippen LogP contribution in [0.15, 0.2) is 172 Å². The maximum Gasteiger partial charge on any atom is 0.00944 e. The number of rotatable bonds is 9. The summed E-state index contributed by atoms with van der Waals surface area (Å²) in [6, 6.07) is 9.11. The van der Waals surface area contributed by atoms with Gasteiger partial charge in [-0.25, -0.2) is 0 Å². The molecular weight excluding hydrogens is 661 g/mol. The molecular formula is C55H64. The Morgan fingerprint density at radius 1 is 0.891 bits per heavy atom. The molecule has 1 aromatic carbocycles. The Labute approximate surface area is 333 Å². The molecule has 55 heavy (non-hydrogen) atoms. The molecule has 0 N–H and O–H groups in total. The first-order valence-corrected chi connectivity index (χ1v) is 22.0. The Hall–Kier alpha value is -4.16. The van der Waals surface area contributed by atoms with Gasteiger partial charge in [-0.05, 0) is 169 Å². The Kier molecular flexibility index (Phi) is 11.6. The Morgan fingerprint density at radius 3 is 2.60 bits per heavy atom. The van der Waals surface area contributed by atoms with E-state index in [1.165, 1.54) is 41.5 Å². The minimum Gasteiger partial charge on any atom is -0.0914 e. The quantitative estimate of drug-likeness (QED) is 0.223. The summed E-state index contributed by atoms with van der Waals surface area (Å²) >= 11 is 0. The Bertz CT molecular complexity index is 2040. The minimum absolute atomic E-state index is 0.354. The highest BCUT2D eigenvalue weighted by Crippen LogP contribution is 2.54. The zero-order valence-electron chi connectivity index (χ0n) is 34.3. The van der Waals surface area contributed by atoms with Gasteiger partial charge in [0.1, 0.15) is 0 Å². The van der Waals surface area contributed by atoms with Gasteiger partial charge in [-0.15, -0.1) is 0 Å². The second-order valence-electron chi connectivity index (χ2n) is 17.5. The molecule has 8 unspecified atom stereocenters. The Balaban J connectivity index is 1.28. The van der Waals surface area contributed by atoms with Crippen molar-refractivity contribution >= 4 is 5.57 Å². The predicted octanol–water partition coefficient (Wildman–Crippen LogP) is 14.9. The molecule has 8 atom stereocenters. The van der Waals surface area contributed by atoms with Crippen molar-refractivity contribution in [2.75, 3.05) is 0 Å². The minimum atomic E-state index is 0.354. The van der Waals surface area contributed by atoms with Gasteiger partial charge in [-0.1, -0.05) is 154 Å². The largest absolute Gasteiger partial charge is 0.0914 e. The van der Waals surface area contributed by atoms with Gasteiger partial charge >= 0.3 is 0 Å². The molecule has 0 aromatic heterocycles. The third-order valence-corrected chi connectivity index (χ3v) is 14.3. The lowest BCUT2D eigenvalue weighted by Gasteiger charge is -2.47. The topological polar surface area (TPSA) is 0 Å². The number of allylic oxidation sites excluding steroid dienone is 26. The van der Waals surface area contributed by atoms with Crippen LogP contribution in [0.5, 0.6) is 0 Å². The Morgan fingerprint density at radius 2 is 1.78 bits per heavy atom. The lowest BCUT2D eigenvalue weighted by molar-refractivity contribution is 0.145. The van der Waals surface area contributed by atoms with Gasteiger partial charge in [0.15, 0.2) is 0 Å². The second kappa shape index (κ2) is 16.9. The molecule has 7 aliphatic carbocycles. The summed E-state index contributed by atoms with van der Waals surface area (Å²) in [6.07, 6.45) is 53.7. The predicted molar refractivity (Wildman–Crippen MR) is 237 cm³/mol. The lowest BCUT2D eigenvalue weighted by atomic mass is 9.57. The summed E-state index contributed by atoms with van der Waals surface area (Å²) in [5.74, 6) is 4.24. The smallest absolute Gasteiger partial charge is 0.00944 e. The van der Waals surface area contributed by atoms with E-state index in [4.69, 9.17) is 0 Å². The van der Waals surface area contributed by atoms with Crippen molar-refractivity contribution < 1.29 is 0 Å². The highest BCUT2D eigenvalue weighted by atomic mass is 14.5. The van der Waals surface area contributed by atoms with Gasteiger partial charge in [0.2, 0.25) is 0 Å². The molecule has 0 amide bonds. The van der Waals surface area contributed by atoms with Gasteiger partial charge < -0.3 is 0 Å². The van der Waals surface area contributed by atoms with Crippen LogP contribution in [0.25, 0.3) is 5.57 Å². The van der Waals surface area contributed by atoms with Gasteiger partial charge in [0, 0.05) is 11.8 Å². The summed E-state index contributed by atoms with van der Waals surface area (Å²) < 4.78 is 0. The summed E-state index contributed by atoms with van der Waals surface area (Å²) in [4.78, 5) is 0. The SMILES string of the molecule is CC=CC(C)C1C(C)CC(C2CC(C3=CC=CCC3)=CC(C3C=C(C4=CCCc5ccccc54)C=CC3)=C2C(=CC)CC)=CC1C1C=CC=C2C=CCCC21. The normalized spacial score (nSPS) is 31.2. The van der Waals surface area contributed by atoms with E-state index in [1.807, 2.05) is 0 Å². The summed E-state index contributed by atoms with van der Waals surface area (Å²) in [6.45, 7) is 12.0. The van der Waals surface area contributed by atoms with Gasteiger partial charge in [0.25, 0.3) is 0 Å². The van der Waals surface area contributed by atoms with Crippen LogP contribution in [0.4, 0.5) is 0 Å². The molecule has 0 bridgehead atoms. The highest BCUT2D eigenvalue weighted by molar-refractivity contribution is 5.85. The van der Waals surface area contributed by atoms with E-state index in [0.29, 0.717) is 47.3 Å². The molecule has 0 heterocycles. The van der Waals surface area contributed by atoms with Crippen LogP contribution in [0, 0.1) is 47.3 Å². The summed E-state index contributed by atoms with van der Waals surface area (Å²) in [7, 11) is 0. The number of aryl methyl sites for hydroxylation is 1. The first-order chi connectivity index (χ1) is 27.0. The summed E-state index contributed by atoms with van der Waals surface area (Å²) in [5, 5.41) is 0. The monoisotopic (exact) mass is 725 g/mol. The van der Waals surface area contributed by atoms with E-state index >= 15 is 0 Å². The fourth-order valence-electron chi connectivity index (χ4n) is 11.8. The number of hydrogen-bond acceptors (Lipinski definition) is 0. The first kappa shape index (κ1) is 37.7. The van der Waals surface area contributed by atoms with Crippen LogP contribution in [0.3, 0.4) is 0 Å². The van der Waals surface area contributed by atoms with Crippen molar-refractivity contribution in [2.45, 2.75) is 98.8 Å². The van der Waals surface area contributed by atoms with Crippen LogP contribution in [0.2, 0.25) is 0 Å². The van der Waals surface area contributed by atoms with Gasteiger partial charge in [0.05, 0.1) is 0 Å². The van der Waals surface area contributed by atoms with E-state index < -0.39 is 0 Å². The van der Waals surface area contributed by atoms with Crippen molar-refractivity contribution in [3.05, 3.63) is 183 Å². The van der Waals surface area contributed by atoms with Crippen molar-refractivity contribution in [3.63, 3.8) is 0 Å². The van der Waals surface area contributed by atoms with E-state index in [0.717, 1.165) is 44.9 Å². The van der Waals surface area contributed by atoms with Crippen LogP contribution < -0.4 is 0 Å². The second-order valence-corrected chi connectivity index (χ2v) is 17.5. The number of benzene rings is 1.